The summed E-state index contributed by atoms with van der Waals surface area (Å²) in [6, 6.07) is 12.2. The molecule has 32 heavy (non-hydrogen) atoms. The number of benzene rings is 1. The number of imidazole rings is 1. The number of nitrogens with one attached hydrogen (secondary N) is 1. The van der Waals surface area contributed by atoms with Crippen LogP contribution in [0.1, 0.15) is 18.5 Å². The molecule has 1 aromatic carbocycles. The van der Waals surface area contributed by atoms with Gasteiger partial charge in [0.1, 0.15) is 23.8 Å². The Bertz CT molecular complexity index is 1150. The van der Waals surface area contributed by atoms with Gasteiger partial charge in [-0.1, -0.05) is 23.9 Å². The van der Waals surface area contributed by atoms with Crippen molar-refractivity contribution in [2.24, 2.45) is 5.92 Å². The Hall–Kier alpha value is -2.84. The van der Waals surface area contributed by atoms with Gasteiger partial charge in [0.25, 0.3) is 5.91 Å². The molecule has 2 aromatic heterocycles. The maximum atomic E-state index is 13.2. The normalized spacial score (nSPS) is 16.7. The second-order valence-electron chi connectivity index (χ2n) is 8.15. The molecular weight excluding hydrogens is 427 g/mol. The molecule has 0 atom stereocenters. The van der Waals surface area contributed by atoms with E-state index in [4.69, 9.17) is 4.74 Å². The third-order valence-electron chi connectivity index (χ3n) is 5.97. The molecule has 1 saturated heterocycles. The minimum Gasteiger partial charge on any atom is -0.492 e. The molecule has 3 aromatic rings. The van der Waals surface area contributed by atoms with E-state index in [2.05, 4.69) is 19.6 Å². The Morgan fingerprint density at radius 2 is 2.06 bits per heavy atom. The van der Waals surface area contributed by atoms with E-state index in [1.165, 1.54) is 23.9 Å². The minimum atomic E-state index is -0.282. The zero-order valence-corrected chi connectivity index (χ0v) is 18.5. The Balaban J connectivity index is 1.06. The molecule has 0 unspecified atom stereocenters. The van der Waals surface area contributed by atoms with Gasteiger partial charge < -0.3 is 10.1 Å². The van der Waals surface area contributed by atoms with Crippen LogP contribution in [-0.2, 0) is 4.79 Å². The van der Waals surface area contributed by atoms with Crippen molar-refractivity contribution in [3.05, 3.63) is 65.1 Å². The standard InChI is InChI=1S/C24H25FN4O2S/c25-18-3-1-4-20(13-18)31-12-11-28-9-7-17(8-10-28)15-27-24(30)21-14-19-16-26-22-5-2-6-23(32-21)29(19)22/h1-6,13-14,16-17H,7-12,15H2,(H,27,30). The van der Waals surface area contributed by atoms with Gasteiger partial charge in [0.05, 0.1) is 21.8 Å². The first-order chi connectivity index (χ1) is 15.7. The quantitative estimate of drug-likeness (QED) is 0.591. The molecule has 1 N–H and O–H groups in total. The predicted octanol–water partition coefficient (Wildman–Crippen LogP) is 3.83. The van der Waals surface area contributed by atoms with Gasteiger partial charge in [-0.25, -0.2) is 9.37 Å². The van der Waals surface area contributed by atoms with E-state index >= 15 is 0 Å². The fourth-order valence-corrected chi connectivity index (χ4v) is 5.19. The maximum Gasteiger partial charge on any atom is 0.258 e. The van der Waals surface area contributed by atoms with Gasteiger partial charge in [-0.05, 0) is 62.2 Å². The number of nitrogens with zero attached hydrogens (tertiary/aromatic N) is 3. The summed E-state index contributed by atoms with van der Waals surface area (Å²) >= 11 is 1.48. The van der Waals surface area contributed by atoms with Crippen molar-refractivity contribution >= 4 is 29.4 Å². The lowest BCUT2D eigenvalue weighted by Crippen LogP contribution is -2.40. The highest BCUT2D eigenvalue weighted by Gasteiger charge is 2.23. The van der Waals surface area contributed by atoms with Crippen molar-refractivity contribution in [3.63, 3.8) is 0 Å². The van der Waals surface area contributed by atoms with Crippen molar-refractivity contribution in [2.75, 3.05) is 32.8 Å². The van der Waals surface area contributed by atoms with Gasteiger partial charge in [-0.2, -0.15) is 0 Å². The van der Waals surface area contributed by atoms with E-state index in [0.29, 0.717) is 29.7 Å². The average Bonchev–Trinajstić information content (AvgIpc) is 3.23. The second-order valence-corrected chi connectivity index (χ2v) is 9.21. The monoisotopic (exact) mass is 452 g/mol. The second kappa shape index (κ2) is 9.34. The molecule has 1 fully saturated rings. The Morgan fingerprint density at radius 1 is 1.22 bits per heavy atom. The summed E-state index contributed by atoms with van der Waals surface area (Å²) in [5.41, 5.74) is 1.84. The first-order valence-electron chi connectivity index (χ1n) is 10.9. The molecular formula is C24H25FN4O2S. The van der Waals surface area contributed by atoms with Crippen LogP contribution in [0.2, 0.25) is 0 Å². The highest BCUT2D eigenvalue weighted by Crippen LogP contribution is 2.34. The first-order valence-corrected chi connectivity index (χ1v) is 11.7. The third-order valence-corrected chi connectivity index (χ3v) is 7.02. The molecule has 0 spiro atoms. The van der Waals surface area contributed by atoms with Crippen molar-refractivity contribution in [1.82, 2.24) is 19.6 Å². The summed E-state index contributed by atoms with van der Waals surface area (Å²) in [6.45, 7) is 4.00. The summed E-state index contributed by atoms with van der Waals surface area (Å²) in [5.74, 6) is 0.736. The fourth-order valence-electron chi connectivity index (χ4n) is 4.19. The number of likely N-dealkylation sites (tertiary alicyclic amines) is 1. The van der Waals surface area contributed by atoms with Crippen LogP contribution < -0.4 is 10.1 Å². The smallest absolute Gasteiger partial charge is 0.258 e. The molecule has 1 amide bonds. The number of carbonyl (C=O) groups excluding carboxylic acids is 1. The van der Waals surface area contributed by atoms with Crippen LogP contribution >= 0.6 is 11.8 Å². The Kier molecular flexibility index (Phi) is 6.14. The molecule has 2 aliphatic heterocycles. The molecule has 8 heteroatoms. The van der Waals surface area contributed by atoms with Crippen LogP contribution in [0.3, 0.4) is 0 Å². The van der Waals surface area contributed by atoms with Crippen molar-refractivity contribution < 1.29 is 13.9 Å². The molecule has 6 nitrogen and oxygen atoms in total. The number of hydrogen-bond acceptors (Lipinski definition) is 5. The fraction of sp³-hybridized carbons (Fsp3) is 0.333. The summed E-state index contributed by atoms with van der Waals surface area (Å²) in [7, 11) is 0. The van der Waals surface area contributed by atoms with Crippen molar-refractivity contribution in [2.45, 2.75) is 17.9 Å². The average molecular weight is 453 g/mol. The number of halogens is 1. The lowest BCUT2D eigenvalue weighted by molar-refractivity contribution is -0.117. The van der Waals surface area contributed by atoms with Crippen LogP contribution in [0.25, 0.3) is 11.7 Å². The summed E-state index contributed by atoms with van der Waals surface area (Å²) in [6.07, 6.45) is 5.80. The lowest BCUT2D eigenvalue weighted by atomic mass is 9.97. The van der Waals surface area contributed by atoms with Crippen molar-refractivity contribution in [3.8, 4) is 5.75 Å². The zero-order valence-electron chi connectivity index (χ0n) is 17.7. The number of aromatic nitrogens is 2. The summed E-state index contributed by atoms with van der Waals surface area (Å²) < 4.78 is 20.9. The van der Waals surface area contributed by atoms with E-state index in [-0.39, 0.29) is 11.7 Å². The molecule has 0 aliphatic carbocycles. The van der Waals surface area contributed by atoms with E-state index in [1.807, 2.05) is 24.3 Å². The molecule has 4 heterocycles. The highest BCUT2D eigenvalue weighted by atomic mass is 32.2. The number of carbonyl (C=O) groups is 1. The van der Waals surface area contributed by atoms with Gasteiger partial charge >= 0.3 is 0 Å². The number of hydrogen-bond donors (Lipinski definition) is 1. The van der Waals surface area contributed by atoms with Crippen LogP contribution in [0.15, 0.2) is 58.6 Å². The molecule has 166 valence electrons. The molecule has 0 bridgehead atoms. The first kappa shape index (κ1) is 21.0. The summed E-state index contributed by atoms with van der Waals surface area (Å²) in [5, 5.41) is 4.14. The lowest BCUT2D eigenvalue weighted by Gasteiger charge is -2.32. The van der Waals surface area contributed by atoms with Gasteiger partial charge in [-0.3, -0.25) is 14.1 Å². The van der Waals surface area contributed by atoms with Gasteiger partial charge in [0, 0.05) is 19.2 Å². The van der Waals surface area contributed by atoms with E-state index in [1.54, 1.807) is 18.3 Å². The van der Waals surface area contributed by atoms with Gasteiger partial charge in [0.15, 0.2) is 0 Å². The van der Waals surface area contributed by atoms with Crippen LogP contribution in [0, 0.1) is 11.7 Å². The number of pyridine rings is 1. The van der Waals surface area contributed by atoms with Crippen molar-refractivity contribution in [1.29, 1.82) is 0 Å². The number of amides is 1. The summed E-state index contributed by atoms with van der Waals surface area (Å²) in [4.78, 5) is 20.2. The molecule has 5 rings (SSSR count). The molecule has 0 saturated carbocycles. The Morgan fingerprint density at radius 3 is 2.91 bits per heavy atom. The number of ether oxygens (including phenoxy) is 1. The van der Waals surface area contributed by atoms with Crippen LogP contribution in [0.4, 0.5) is 4.39 Å². The van der Waals surface area contributed by atoms with Gasteiger partial charge in [-0.15, -0.1) is 0 Å². The number of thioether (sulfide) groups is 1. The largest absolute Gasteiger partial charge is 0.492 e. The van der Waals surface area contributed by atoms with Crippen LogP contribution in [0.5, 0.6) is 5.75 Å². The zero-order chi connectivity index (χ0) is 21.9. The third kappa shape index (κ3) is 4.66. The minimum absolute atomic E-state index is 0.0228. The predicted molar refractivity (Wildman–Crippen MR) is 123 cm³/mol. The van der Waals surface area contributed by atoms with Crippen LogP contribution in [-0.4, -0.2) is 53.0 Å². The van der Waals surface area contributed by atoms with E-state index < -0.39 is 0 Å². The number of piperidine rings is 1. The molecule has 2 aliphatic rings. The van der Waals surface area contributed by atoms with Gasteiger partial charge in [0.2, 0.25) is 0 Å². The number of rotatable bonds is 7. The maximum absolute atomic E-state index is 13.2. The Labute approximate surface area is 190 Å². The topological polar surface area (TPSA) is 58.9 Å². The van der Waals surface area contributed by atoms with E-state index in [9.17, 15) is 9.18 Å². The van der Waals surface area contributed by atoms with E-state index in [0.717, 1.165) is 48.8 Å². The SMILES string of the molecule is O=C(NCC1CCN(CCOc2cccc(F)c2)CC1)C1=Cc2cnc3cccc(n23)S1. The molecule has 0 radical (unpaired) electrons. The highest BCUT2D eigenvalue weighted by molar-refractivity contribution is 8.04.